The second-order valence-corrected chi connectivity index (χ2v) is 5.13. The van der Waals surface area contributed by atoms with Crippen LogP contribution in [0.2, 0.25) is 0 Å². The van der Waals surface area contributed by atoms with Gasteiger partial charge in [0.15, 0.2) is 0 Å². The summed E-state index contributed by atoms with van der Waals surface area (Å²) in [7, 11) is 0. The maximum atomic E-state index is 5.68. The third kappa shape index (κ3) is 2.45. The first-order valence-corrected chi connectivity index (χ1v) is 6.48. The average Bonchev–Trinajstić information content (AvgIpc) is 2.78. The maximum absolute atomic E-state index is 5.68. The summed E-state index contributed by atoms with van der Waals surface area (Å²) in [6, 6.07) is 8.98. The summed E-state index contributed by atoms with van der Waals surface area (Å²) in [6.07, 6.45) is 0. The molecule has 1 saturated heterocycles. The van der Waals surface area contributed by atoms with Crippen molar-refractivity contribution in [1.29, 1.82) is 0 Å². The van der Waals surface area contributed by atoms with Gasteiger partial charge in [-0.2, -0.15) is 0 Å². The summed E-state index contributed by atoms with van der Waals surface area (Å²) in [4.78, 5) is 0. The molecule has 2 fully saturated rings. The van der Waals surface area contributed by atoms with E-state index < -0.39 is 0 Å². The topological polar surface area (TPSA) is 33.3 Å². The zero-order valence-corrected chi connectivity index (χ0v) is 10.3. The number of aryl methyl sites for hydroxylation is 1. The van der Waals surface area contributed by atoms with Gasteiger partial charge in [-0.15, -0.1) is 0 Å². The Morgan fingerprint density at radius 1 is 1.24 bits per heavy atom. The van der Waals surface area contributed by atoms with Crippen LogP contribution < -0.4 is 15.4 Å². The van der Waals surface area contributed by atoms with Crippen LogP contribution in [-0.2, 0) is 0 Å². The second-order valence-electron chi connectivity index (χ2n) is 5.13. The van der Waals surface area contributed by atoms with Gasteiger partial charge in [0.05, 0.1) is 0 Å². The van der Waals surface area contributed by atoms with E-state index in [9.17, 15) is 0 Å². The fraction of sp³-hybridized carbons (Fsp3) is 0.571. The van der Waals surface area contributed by atoms with Crippen molar-refractivity contribution in [3.05, 3.63) is 29.8 Å². The van der Waals surface area contributed by atoms with Gasteiger partial charge in [-0.3, -0.25) is 0 Å². The van der Waals surface area contributed by atoms with Gasteiger partial charge in [0.25, 0.3) is 0 Å². The van der Waals surface area contributed by atoms with E-state index in [0.29, 0.717) is 0 Å². The Bertz CT molecular complexity index is 366. The second kappa shape index (κ2) is 4.67. The summed E-state index contributed by atoms with van der Waals surface area (Å²) in [6.45, 7) is 6.19. The Labute approximate surface area is 103 Å². The molecule has 0 aromatic heterocycles. The molecule has 2 atom stereocenters. The first-order valence-electron chi connectivity index (χ1n) is 6.48. The predicted molar refractivity (Wildman–Crippen MR) is 68.3 cm³/mol. The highest BCUT2D eigenvalue weighted by atomic mass is 16.5. The van der Waals surface area contributed by atoms with Gasteiger partial charge in [0.2, 0.25) is 0 Å². The molecule has 1 aliphatic heterocycles. The summed E-state index contributed by atoms with van der Waals surface area (Å²) >= 11 is 0. The SMILES string of the molecule is Cc1ccc(OCCNC2C3CNCC32)cc1. The Hall–Kier alpha value is -1.06. The molecule has 0 bridgehead atoms. The number of piperidine rings is 1. The van der Waals surface area contributed by atoms with Crippen molar-refractivity contribution >= 4 is 0 Å². The van der Waals surface area contributed by atoms with Crippen molar-refractivity contribution in [3.63, 3.8) is 0 Å². The number of nitrogens with one attached hydrogen (secondary N) is 2. The lowest BCUT2D eigenvalue weighted by atomic mass is 10.2. The highest BCUT2D eigenvalue weighted by Crippen LogP contribution is 2.41. The van der Waals surface area contributed by atoms with E-state index in [4.69, 9.17) is 4.74 Å². The Balaban J connectivity index is 1.34. The molecule has 3 nitrogen and oxygen atoms in total. The summed E-state index contributed by atoms with van der Waals surface area (Å²) in [5, 5.41) is 6.98. The fourth-order valence-corrected chi connectivity index (χ4v) is 2.75. The van der Waals surface area contributed by atoms with Crippen LogP contribution in [0.4, 0.5) is 0 Å². The number of hydrogen-bond donors (Lipinski definition) is 2. The van der Waals surface area contributed by atoms with Crippen LogP contribution in [0.5, 0.6) is 5.75 Å². The van der Waals surface area contributed by atoms with Gasteiger partial charge in [0, 0.05) is 12.6 Å². The normalized spacial score (nSPS) is 30.1. The Morgan fingerprint density at radius 2 is 1.94 bits per heavy atom. The smallest absolute Gasteiger partial charge is 0.119 e. The Morgan fingerprint density at radius 3 is 2.65 bits per heavy atom. The number of rotatable bonds is 5. The average molecular weight is 232 g/mol. The van der Waals surface area contributed by atoms with E-state index in [2.05, 4.69) is 29.7 Å². The van der Waals surface area contributed by atoms with Crippen LogP contribution in [0.25, 0.3) is 0 Å². The molecule has 3 heteroatoms. The minimum absolute atomic E-state index is 0.748. The van der Waals surface area contributed by atoms with Gasteiger partial charge in [0.1, 0.15) is 12.4 Å². The molecule has 2 aliphatic rings. The maximum Gasteiger partial charge on any atom is 0.119 e. The van der Waals surface area contributed by atoms with Crippen molar-refractivity contribution in [1.82, 2.24) is 10.6 Å². The minimum atomic E-state index is 0.748. The van der Waals surface area contributed by atoms with Gasteiger partial charge in [-0.1, -0.05) is 17.7 Å². The third-order valence-electron chi connectivity index (χ3n) is 3.86. The van der Waals surface area contributed by atoms with Gasteiger partial charge in [-0.25, -0.2) is 0 Å². The van der Waals surface area contributed by atoms with Crippen molar-refractivity contribution in [2.75, 3.05) is 26.2 Å². The van der Waals surface area contributed by atoms with E-state index >= 15 is 0 Å². The lowest BCUT2D eigenvalue weighted by Crippen LogP contribution is -2.30. The predicted octanol–water partition coefficient (Wildman–Crippen LogP) is 1.18. The molecule has 17 heavy (non-hydrogen) atoms. The standard InChI is InChI=1S/C14H20N2O/c1-10-2-4-11(5-3-10)17-7-6-16-14-12-8-15-9-13(12)14/h2-5,12-16H,6-9H2,1H3. The van der Waals surface area contributed by atoms with E-state index in [-0.39, 0.29) is 0 Å². The molecule has 1 aromatic carbocycles. The zero-order valence-electron chi connectivity index (χ0n) is 10.3. The van der Waals surface area contributed by atoms with E-state index in [1.807, 2.05) is 12.1 Å². The lowest BCUT2D eigenvalue weighted by Gasteiger charge is -2.09. The number of hydrogen-bond acceptors (Lipinski definition) is 3. The molecule has 92 valence electrons. The molecular formula is C14H20N2O. The van der Waals surface area contributed by atoms with Crippen molar-refractivity contribution in [2.24, 2.45) is 11.8 Å². The van der Waals surface area contributed by atoms with E-state index in [1.54, 1.807) is 0 Å². The minimum Gasteiger partial charge on any atom is -0.492 e. The zero-order chi connectivity index (χ0) is 11.7. The first kappa shape index (κ1) is 11.1. The summed E-state index contributed by atoms with van der Waals surface area (Å²) in [5.74, 6) is 2.74. The quantitative estimate of drug-likeness (QED) is 0.748. The van der Waals surface area contributed by atoms with E-state index in [0.717, 1.165) is 36.8 Å². The van der Waals surface area contributed by atoms with E-state index in [1.165, 1.54) is 18.7 Å². The summed E-state index contributed by atoms with van der Waals surface area (Å²) < 4.78 is 5.68. The molecule has 1 aliphatic carbocycles. The largest absolute Gasteiger partial charge is 0.492 e. The molecule has 3 rings (SSSR count). The molecule has 1 heterocycles. The molecule has 1 aromatic rings. The van der Waals surface area contributed by atoms with Crippen LogP contribution in [0.3, 0.4) is 0 Å². The number of benzene rings is 1. The molecule has 0 amide bonds. The van der Waals surface area contributed by atoms with Gasteiger partial charge in [-0.05, 0) is 44.0 Å². The van der Waals surface area contributed by atoms with Crippen molar-refractivity contribution in [2.45, 2.75) is 13.0 Å². The third-order valence-corrected chi connectivity index (χ3v) is 3.86. The number of fused-ring (bicyclic) bond motifs is 1. The lowest BCUT2D eigenvalue weighted by molar-refractivity contribution is 0.310. The number of ether oxygens (including phenoxy) is 1. The van der Waals surface area contributed by atoms with Gasteiger partial charge >= 0.3 is 0 Å². The van der Waals surface area contributed by atoms with Crippen LogP contribution in [0.15, 0.2) is 24.3 Å². The van der Waals surface area contributed by atoms with Crippen LogP contribution in [0, 0.1) is 18.8 Å². The molecule has 0 spiro atoms. The van der Waals surface area contributed by atoms with Crippen LogP contribution >= 0.6 is 0 Å². The Kier molecular flexibility index (Phi) is 3.04. The first-order chi connectivity index (χ1) is 8.34. The fourth-order valence-electron chi connectivity index (χ4n) is 2.75. The molecule has 2 N–H and O–H groups in total. The summed E-state index contributed by atoms with van der Waals surface area (Å²) in [5.41, 5.74) is 1.27. The monoisotopic (exact) mass is 232 g/mol. The molecule has 2 unspecified atom stereocenters. The molecular weight excluding hydrogens is 212 g/mol. The highest BCUT2D eigenvalue weighted by Gasteiger charge is 2.52. The van der Waals surface area contributed by atoms with Gasteiger partial charge < -0.3 is 15.4 Å². The van der Waals surface area contributed by atoms with Crippen molar-refractivity contribution < 1.29 is 4.74 Å². The van der Waals surface area contributed by atoms with Crippen molar-refractivity contribution in [3.8, 4) is 5.75 Å². The highest BCUT2D eigenvalue weighted by molar-refractivity contribution is 5.26. The molecule has 1 saturated carbocycles. The molecule has 0 radical (unpaired) electrons. The van der Waals surface area contributed by atoms with Crippen LogP contribution in [-0.4, -0.2) is 32.3 Å². The van der Waals surface area contributed by atoms with Crippen LogP contribution in [0.1, 0.15) is 5.56 Å².